The van der Waals surface area contributed by atoms with Crippen molar-refractivity contribution >= 4 is 31.9 Å². The molecule has 28 heavy (non-hydrogen) atoms. The first-order chi connectivity index (χ1) is 13.4. The topological polar surface area (TPSA) is 54.7 Å². The molecule has 1 saturated heterocycles. The van der Waals surface area contributed by atoms with Crippen LogP contribution in [0, 0.1) is 12.8 Å². The van der Waals surface area contributed by atoms with Crippen molar-refractivity contribution in [2.75, 3.05) is 26.2 Å². The van der Waals surface area contributed by atoms with E-state index in [4.69, 9.17) is 4.74 Å². The number of rotatable bonds is 5. The Morgan fingerprint density at radius 1 is 1.21 bits per heavy atom. The van der Waals surface area contributed by atoms with E-state index in [2.05, 4.69) is 42.8 Å². The number of nitrogens with zero attached hydrogens (tertiary/aromatic N) is 2. The summed E-state index contributed by atoms with van der Waals surface area (Å²) in [6.45, 7) is 5.39. The van der Waals surface area contributed by atoms with Gasteiger partial charge in [-0.1, -0.05) is 6.07 Å². The lowest BCUT2D eigenvalue weighted by molar-refractivity contribution is 0.0381. The normalized spacial score (nSPS) is 22.6. The van der Waals surface area contributed by atoms with Crippen molar-refractivity contribution < 1.29 is 9.84 Å². The van der Waals surface area contributed by atoms with Crippen LogP contribution in [0.25, 0.3) is 0 Å². The maximum atomic E-state index is 12.1. The molecule has 1 unspecified atom stereocenters. The molecule has 2 aromatic rings. The number of benzene rings is 1. The summed E-state index contributed by atoms with van der Waals surface area (Å²) in [5.41, 5.74) is 2.36. The van der Waals surface area contributed by atoms with Gasteiger partial charge in [-0.15, -0.1) is 0 Å². The van der Waals surface area contributed by atoms with E-state index >= 15 is 0 Å². The van der Waals surface area contributed by atoms with Gasteiger partial charge >= 0.3 is 0 Å². The number of piperidine rings is 1. The molecule has 150 valence electrons. The lowest BCUT2D eigenvalue weighted by atomic mass is 9.83. The Labute approximate surface area is 181 Å². The summed E-state index contributed by atoms with van der Waals surface area (Å²) in [6.07, 6.45) is 0.549. The molecule has 3 atom stereocenters. The minimum Gasteiger partial charge on any atom is -0.488 e. The van der Waals surface area contributed by atoms with E-state index in [1.54, 1.807) is 6.07 Å². The standard InChI is InChI=1S/C21H24Br2N2O3/c1-13-5-17(22)21(18(23)6-13)28-12-16(26)11-24-8-14-7-15(10-24)19-3-2-4-20(27)25(19)9-14/h2-6,14-16,26H,7-12H2,1H3/t14-,15-,16?/m1/s1. The zero-order valence-electron chi connectivity index (χ0n) is 15.8. The van der Waals surface area contributed by atoms with Crippen molar-refractivity contribution in [1.82, 2.24) is 9.47 Å². The summed E-state index contributed by atoms with van der Waals surface area (Å²) in [6, 6.07) is 9.56. The Balaban J connectivity index is 1.37. The molecule has 1 aromatic carbocycles. The molecule has 0 aliphatic carbocycles. The van der Waals surface area contributed by atoms with Crippen LogP contribution in [0.15, 0.2) is 44.1 Å². The molecule has 7 heteroatoms. The molecular weight excluding hydrogens is 488 g/mol. The SMILES string of the molecule is Cc1cc(Br)c(OCC(O)CN2C[C@H]3C[C@H](C2)c2cccc(=O)n2C3)c(Br)c1. The molecule has 1 aromatic heterocycles. The second-order valence-corrected chi connectivity index (χ2v) is 9.65. The van der Waals surface area contributed by atoms with Crippen LogP contribution in [-0.2, 0) is 6.54 Å². The first kappa shape index (κ1) is 20.1. The number of pyridine rings is 1. The highest BCUT2D eigenvalue weighted by molar-refractivity contribution is 9.11. The second kappa shape index (κ2) is 8.30. The zero-order chi connectivity index (χ0) is 19.8. The second-order valence-electron chi connectivity index (χ2n) is 7.94. The van der Waals surface area contributed by atoms with Crippen molar-refractivity contribution in [3.05, 3.63) is 60.9 Å². The fourth-order valence-electron chi connectivity index (χ4n) is 4.50. The van der Waals surface area contributed by atoms with Crippen molar-refractivity contribution in [2.45, 2.75) is 31.9 Å². The molecule has 1 fully saturated rings. The minimum atomic E-state index is -0.572. The monoisotopic (exact) mass is 510 g/mol. The molecule has 2 bridgehead atoms. The Morgan fingerprint density at radius 2 is 1.96 bits per heavy atom. The van der Waals surface area contributed by atoms with Crippen LogP contribution in [0.2, 0.25) is 0 Å². The first-order valence-corrected chi connectivity index (χ1v) is 11.2. The maximum absolute atomic E-state index is 12.1. The maximum Gasteiger partial charge on any atom is 0.250 e. The number of ether oxygens (including phenoxy) is 1. The number of fused-ring (bicyclic) bond motifs is 4. The molecule has 5 nitrogen and oxygen atoms in total. The molecule has 0 saturated carbocycles. The summed E-state index contributed by atoms with van der Waals surface area (Å²) in [5, 5.41) is 10.5. The van der Waals surface area contributed by atoms with Gasteiger partial charge in [-0.25, -0.2) is 0 Å². The highest BCUT2D eigenvalue weighted by Crippen LogP contribution is 2.36. The minimum absolute atomic E-state index is 0.100. The predicted molar refractivity (Wildman–Crippen MR) is 116 cm³/mol. The Morgan fingerprint density at radius 3 is 2.71 bits per heavy atom. The summed E-state index contributed by atoms with van der Waals surface area (Å²) < 4.78 is 9.56. The molecule has 0 radical (unpaired) electrons. The number of halogens is 2. The number of β-amino-alcohol motifs (C(OH)–C–C–N with tert-alkyl or cyclic N) is 1. The Kier molecular flexibility index (Phi) is 5.97. The van der Waals surface area contributed by atoms with Gasteiger partial charge in [0.1, 0.15) is 18.5 Å². The van der Waals surface area contributed by atoms with Crippen LogP contribution in [0.5, 0.6) is 5.75 Å². The Bertz CT molecular complexity index is 907. The van der Waals surface area contributed by atoms with Gasteiger partial charge in [0.15, 0.2) is 0 Å². The first-order valence-electron chi connectivity index (χ1n) is 9.59. The van der Waals surface area contributed by atoms with Crippen LogP contribution in [0.1, 0.15) is 23.6 Å². The number of aromatic nitrogens is 1. The van der Waals surface area contributed by atoms with Gasteiger partial charge in [-0.05, 0) is 74.9 Å². The van der Waals surface area contributed by atoms with Crippen LogP contribution >= 0.6 is 31.9 Å². The molecule has 3 heterocycles. The van der Waals surface area contributed by atoms with Crippen LogP contribution in [0.4, 0.5) is 0 Å². The van der Waals surface area contributed by atoms with Crippen LogP contribution in [0.3, 0.4) is 0 Å². The average molecular weight is 512 g/mol. The molecular formula is C21H24Br2N2O3. The summed E-state index contributed by atoms with van der Waals surface area (Å²) >= 11 is 7.05. The predicted octanol–water partition coefficient (Wildman–Crippen LogP) is 3.54. The molecule has 0 spiro atoms. The number of aliphatic hydroxyl groups excluding tert-OH is 1. The number of likely N-dealkylation sites (tertiary alicyclic amines) is 1. The summed E-state index contributed by atoms with van der Waals surface area (Å²) in [4.78, 5) is 14.4. The Hall–Kier alpha value is -1.15. The van der Waals surface area contributed by atoms with E-state index in [1.807, 2.05) is 29.7 Å². The van der Waals surface area contributed by atoms with Gasteiger partial charge in [-0.2, -0.15) is 0 Å². The third kappa shape index (κ3) is 4.22. The van der Waals surface area contributed by atoms with Crippen molar-refractivity contribution in [1.29, 1.82) is 0 Å². The van der Waals surface area contributed by atoms with Gasteiger partial charge in [-0.3, -0.25) is 9.69 Å². The molecule has 1 N–H and O–H groups in total. The van der Waals surface area contributed by atoms with Crippen molar-refractivity contribution in [3.8, 4) is 5.75 Å². The van der Waals surface area contributed by atoms with Crippen molar-refractivity contribution in [2.24, 2.45) is 5.92 Å². The zero-order valence-corrected chi connectivity index (χ0v) is 18.9. The fraction of sp³-hybridized carbons (Fsp3) is 0.476. The van der Waals surface area contributed by atoms with Gasteiger partial charge < -0.3 is 14.4 Å². The third-order valence-electron chi connectivity index (χ3n) is 5.59. The fourth-order valence-corrected chi connectivity index (χ4v) is 6.14. The molecule has 2 aliphatic rings. The summed E-state index contributed by atoms with van der Waals surface area (Å²) in [7, 11) is 0. The lowest BCUT2D eigenvalue weighted by Gasteiger charge is -2.43. The number of hydrogen-bond donors (Lipinski definition) is 1. The quantitative estimate of drug-likeness (QED) is 0.667. The average Bonchev–Trinajstić information content (AvgIpc) is 2.61. The van der Waals surface area contributed by atoms with Gasteiger partial charge in [0.25, 0.3) is 5.56 Å². The highest BCUT2D eigenvalue weighted by atomic mass is 79.9. The number of aryl methyl sites for hydroxylation is 1. The lowest BCUT2D eigenvalue weighted by Crippen LogP contribution is -2.49. The number of hydrogen-bond acceptors (Lipinski definition) is 4. The number of aliphatic hydroxyl groups is 1. The third-order valence-corrected chi connectivity index (χ3v) is 6.77. The summed E-state index contributed by atoms with van der Waals surface area (Å²) in [5.74, 6) is 1.53. The van der Waals surface area contributed by atoms with Gasteiger partial charge in [0.2, 0.25) is 0 Å². The molecule has 2 aliphatic heterocycles. The highest BCUT2D eigenvalue weighted by Gasteiger charge is 2.34. The van der Waals surface area contributed by atoms with Gasteiger partial charge in [0, 0.05) is 43.9 Å². The van der Waals surface area contributed by atoms with E-state index in [-0.39, 0.29) is 12.2 Å². The van der Waals surface area contributed by atoms with Crippen LogP contribution in [-0.4, -0.2) is 46.9 Å². The van der Waals surface area contributed by atoms with Crippen LogP contribution < -0.4 is 10.3 Å². The van der Waals surface area contributed by atoms with Gasteiger partial charge in [0.05, 0.1) is 8.95 Å². The van der Waals surface area contributed by atoms with E-state index < -0.39 is 6.10 Å². The smallest absolute Gasteiger partial charge is 0.250 e. The van der Waals surface area contributed by atoms with E-state index in [0.29, 0.717) is 24.1 Å². The van der Waals surface area contributed by atoms with E-state index in [0.717, 1.165) is 46.3 Å². The van der Waals surface area contributed by atoms with Crippen molar-refractivity contribution in [3.63, 3.8) is 0 Å². The molecule has 4 rings (SSSR count). The largest absolute Gasteiger partial charge is 0.488 e. The van der Waals surface area contributed by atoms with E-state index in [1.165, 1.54) is 0 Å². The molecule has 0 amide bonds. The van der Waals surface area contributed by atoms with E-state index in [9.17, 15) is 9.90 Å².